The maximum absolute atomic E-state index is 13.7. The molecule has 96 valence electrons. The van der Waals surface area contributed by atoms with Crippen LogP contribution in [0.5, 0.6) is 0 Å². The smallest absolute Gasteiger partial charge is 0.268 e. The number of aryl methyl sites for hydroxylation is 1. The summed E-state index contributed by atoms with van der Waals surface area (Å²) in [5, 5.41) is 9.24. The maximum atomic E-state index is 13.7. The molecular formula is C14H10ClFN2O. The van der Waals surface area contributed by atoms with E-state index in [1.165, 1.54) is 28.8 Å². The van der Waals surface area contributed by atoms with Crippen molar-refractivity contribution in [2.24, 2.45) is 0 Å². The largest absolute Gasteiger partial charge is 0.307 e. The van der Waals surface area contributed by atoms with Gasteiger partial charge in [-0.15, -0.1) is 0 Å². The second-order valence-electron chi connectivity index (χ2n) is 4.13. The minimum absolute atomic E-state index is 0.0352. The molecule has 19 heavy (non-hydrogen) atoms. The lowest BCUT2D eigenvalue weighted by Gasteiger charge is -2.11. The van der Waals surface area contributed by atoms with Gasteiger partial charge < -0.3 is 4.57 Å². The SMILES string of the molecule is Cc1ccc(C#N)c(=O)n1Cc1cc(Cl)ccc1F. The minimum Gasteiger partial charge on any atom is -0.307 e. The summed E-state index contributed by atoms with van der Waals surface area (Å²) in [5.74, 6) is -0.432. The van der Waals surface area contributed by atoms with Crippen LogP contribution in [0.15, 0.2) is 35.1 Å². The van der Waals surface area contributed by atoms with Gasteiger partial charge in [0.2, 0.25) is 0 Å². The Balaban J connectivity index is 2.53. The van der Waals surface area contributed by atoms with Crippen LogP contribution in [-0.4, -0.2) is 4.57 Å². The van der Waals surface area contributed by atoms with Crippen molar-refractivity contribution in [1.29, 1.82) is 5.26 Å². The molecule has 0 radical (unpaired) electrons. The van der Waals surface area contributed by atoms with Crippen molar-refractivity contribution >= 4 is 11.6 Å². The fraction of sp³-hybridized carbons (Fsp3) is 0.143. The Morgan fingerprint density at radius 1 is 1.37 bits per heavy atom. The molecule has 0 saturated carbocycles. The third kappa shape index (κ3) is 2.67. The van der Waals surface area contributed by atoms with Crippen LogP contribution in [0.1, 0.15) is 16.8 Å². The summed E-state index contributed by atoms with van der Waals surface area (Å²) in [6.45, 7) is 1.78. The van der Waals surface area contributed by atoms with Crippen molar-refractivity contribution in [2.75, 3.05) is 0 Å². The van der Waals surface area contributed by atoms with E-state index in [9.17, 15) is 9.18 Å². The average molecular weight is 277 g/mol. The topological polar surface area (TPSA) is 45.8 Å². The monoisotopic (exact) mass is 276 g/mol. The molecule has 0 fully saturated rings. The average Bonchev–Trinajstić information content (AvgIpc) is 2.38. The number of rotatable bonds is 2. The summed E-state index contributed by atoms with van der Waals surface area (Å²) in [7, 11) is 0. The van der Waals surface area contributed by atoms with E-state index >= 15 is 0 Å². The molecular weight excluding hydrogens is 267 g/mol. The third-order valence-corrected chi connectivity index (χ3v) is 3.08. The van der Waals surface area contributed by atoms with Crippen LogP contribution < -0.4 is 5.56 Å². The molecule has 3 nitrogen and oxygen atoms in total. The molecule has 0 atom stereocenters. The van der Waals surface area contributed by atoms with E-state index in [1.54, 1.807) is 13.0 Å². The van der Waals surface area contributed by atoms with Gasteiger partial charge in [0.25, 0.3) is 5.56 Å². The Morgan fingerprint density at radius 3 is 2.79 bits per heavy atom. The highest BCUT2D eigenvalue weighted by Crippen LogP contribution is 2.16. The van der Waals surface area contributed by atoms with Crippen molar-refractivity contribution in [3.8, 4) is 6.07 Å². The standard InChI is InChI=1S/C14H10ClFN2O/c1-9-2-3-10(7-17)14(19)18(9)8-11-6-12(15)4-5-13(11)16/h2-6H,8H2,1H3. The van der Waals surface area contributed by atoms with Gasteiger partial charge in [-0.1, -0.05) is 11.6 Å². The molecule has 0 aliphatic rings. The molecule has 0 aliphatic heterocycles. The highest BCUT2D eigenvalue weighted by Gasteiger charge is 2.09. The van der Waals surface area contributed by atoms with Gasteiger partial charge in [0.1, 0.15) is 17.4 Å². The quantitative estimate of drug-likeness (QED) is 0.847. The lowest BCUT2D eigenvalue weighted by Crippen LogP contribution is -2.25. The van der Waals surface area contributed by atoms with Gasteiger partial charge in [-0.05, 0) is 37.3 Å². The first-order valence-electron chi connectivity index (χ1n) is 5.57. The van der Waals surface area contributed by atoms with E-state index in [-0.39, 0.29) is 12.1 Å². The van der Waals surface area contributed by atoms with E-state index in [1.807, 2.05) is 6.07 Å². The van der Waals surface area contributed by atoms with E-state index in [4.69, 9.17) is 16.9 Å². The fourth-order valence-electron chi connectivity index (χ4n) is 1.79. The number of nitrogens with zero attached hydrogens (tertiary/aromatic N) is 2. The first-order valence-corrected chi connectivity index (χ1v) is 5.95. The molecule has 5 heteroatoms. The van der Waals surface area contributed by atoms with Gasteiger partial charge in [0, 0.05) is 16.3 Å². The van der Waals surface area contributed by atoms with Crippen molar-refractivity contribution in [3.05, 3.63) is 68.3 Å². The fourth-order valence-corrected chi connectivity index (χ4v) is 1.98. The number of halogens is 2. The molecule has 0 saturated heterocycles. The van der Waals surface area contributed by atoms with Crippen LogP contribution in [0.4, 0.5) is 4.39 Å². The maximum Gasteiger partial charge on any atom is 0.268 e. The lowest BCUT2D eigenvalue weighted by atomic mass is 10.2. The zero-order chi connectivity index (χ0) is 14.0. The number of hydrogen-bond acceptors (Lipinski definition) is 2. The number of aromatic nitrogens is 1. The van der Waals surface area contributed by atoms with E-state index in [2.05, 4.69) is 0 Å². The Hall–Kier alpha value is -2.12. The van der Waals surface area contributed by atoms with Crippen LogP contribution in [0.25, 0.3) is 0 Å². The highest BCUT2D eigenvalue weighted by molar-refractivity contribution is 6.30. The summed E-state index contributed by atoms with van der Waals surface area (Å²) in [4.78, 5) is 12.0. The molecule has 1 heterocycles. The van der Waals surface area contributed by atoms with E-state index in [0.717, 1.165) is 0 Å². The molecule has 2 rings (SSSR count). The third-order valence-electron chi connectivity index (χ3n) is 2.85. The lowest BCUT2D eigenvalue weighted by molar-refractivity contribution is 0.593. The van der Waals surface area contributed by atoms with Crippen LogP contribution in [0, 0.1) is 24.1 Å². The zero-order valence-corrected chi connectivity index (χ0v) is 10.9. The normalized spacial score (nSPS) is 10.2. The van der Waals surface area contributed by atoms with Crippen molar-refractivity contribution < 1.29 is 4.39 Å². The number of pyridine rings is 1. The molecule has 0 spiro atoms. The Kier molecular flexibility index (Phi) is 3.68. The second kappa shape index (κ2) is 5.25. The van der Waals surface area contributed by atoms with Crippen LogP contribution in [0.2, 0.25) is 5.02 Å². The molecule has 1 aromatic heterocycles. The van der Waals surface area contributed by atoms with Crippen LogP contribution in [-0.2, 0) is 6.54 Å². The Bertz CT molecular complexity index is 731. The highest BCUT2D eigenvalue weighted by atomic mass is 35.5. The second-order valence-corrected chi connectivity index (χ2v) is 4.56. The molecule has 0 unspecified atom stereocenters. The zero-order valence-electron chi connectivity index (χ0n) is 10.2. The summed E-state index contributed by atoms with van der Waals surface area (Å²) in [5.41, 5.74) is 0.575. The van der Waals surface area contributed by atoms with Gasteiger partial charge >= 0.3 is 0 Å². The van der Waals surface area contributed by atoms with Gasteiger partial charge in [-0.3, -0.25) is 4.79 Å². The predicted octanol–water partition coefficient (Wildman–Crippen LogP) is 2.87. The van der Waals surface area contributed by atoms with Crippen molar-refractivity contribution in [2.45, 2.75) is 13.5 Å². The summed E-state index contributed by atoms with van der Waals surface area (Å²) >= 11 is 5.81. The van der Waals surface area contributed by atoms with Gasteiger partial charge in [0.05, 0.1) is 6.54 Å². The summed E-state index contributed by atoms with van der Waals surface area (Å²) in [6, 6.07) is 9.11. The molecule has 0 bridgehead atoms. The first kappa shape index (κ1) is 13.3. The molecule has 0 N–H and O–H groups in total. The molecule has 0 amide bonds. The molecule has 2 aromatic rings. The predicted molar refractivity (Wildman–Crippen MR) is 70.7 cm³/mol. The minimum atomic E-state index is -0.432. The summed E-state index contributed by atoms with van der Waals surface area (Å²) in [6.07, 6.45) is 0. The number of benzene rings is 1. The van der Waals surface area contributed by atoms with E-state index in [0.29, 0.717) is 16.3 Å². The van der Waals surface area contributed by atoms with Crippen LogP contribution in [0.3, 0.4) is 0 Å². The van der Waals surface area contributed by atoms with Crippen molar-refractivity contribution in [3.63, 3.8) is 0 Å². The Labute approximate surface area is 114 Å². The molecule has 0 aliphatic carbocycles. The summed E-state index contributed by atoms with van der Waals surface area (Å²) < 4.78 is 15.0. The number of hydrogen-bond donors (Lipinski definition) is 0. The number of nitriles is 1. The van der Waals surface area contributed by atoms with Gasteiger partial charge in [-0.25, -0.2) is 4.39 Å². The molecule has 1 aromatic carbocycles. The first-order chi connectivity index (χ1) is 9.02. The van der Waals surface area contributed by atoms with Crippen molar-refractivity contribution in [1.82, 2.24) is 4.57 Å². The Morgan fingerprint density at radius 2 is 2.11 bits per heavy atom. The van der Waals surface area contributed by atoms with E-state index < -0.39 is 11.4 Å². The van der Waals surface area contributed by atoms with Crippen LogP contribution >= 0.6 is 11.6 Å². The van der Waals surface area contributed by atoms with Gasteiger partial charge in [0.15, 0.2) is 0 Å². The van der Waals surface area contributed by atoms with Gasteiger partial charge in [-0.2, -0.15) is 5.26 Å².